The highest BCUT2D eigenvalue weighted by Crippen LogP contribution is 2.68. The van der Waals surface area contributed by atoms with Gasteiger partial charge in [0.1, 0.15) is 11.4 Å². The molecule has 0 aromatic carbocycles. The number of hydrogen-bond donors (Lipinski definition) is 4. The molecule has 0 saturated heterocycles. The molecule has 0 radical (unpaired) electrons. The van der Waals surface area contributed by atoms with E-state index in [1.165, 1.54) is 6.42 Å². The lowest BCUT2D eigenvalue weighted by molar-refractivity contribution is -0.216. The quantitative estimate of drug-likeness (QED) is 0.465. The second kappa shape index (κ2) is 8.53. The molecule has 0 bridgehead atoms. The Balaban J connectivity index is 1.39. The van der Waals surface area contributed by atoms with Gasteiger partial charge in [-0.1, -0.05) is 27.7 Å². The predicted molar refractivity (Wildman–Crippen MR) is 131 cm³/mol. The standard InChI is InChI=1S/C29H48O5/c1-16-11-21(16)17(2)12-26(33)29(34,15-30)24-8-7-22-20-6-5-18-13-19(31)9-10-27(18,3)23(20)14-25(32)28(22,24)4/h16-18,20-26,30,32-34H,5-15H2,1-4H3/t16-,17-,18+,20+,21-,22+,23+,24+,25-,26-,27+,28+,29-/m1/s1. The monoisotopic (exact) mass is 476 g/mol. The van der Waals surface area contributed by atoms with Crippen LogP contribution in [0.2, 0.25) is 0 Å². The molecule has 5 rings (SSSR count). The van der Waals surface area contributed by atoms with Crippen LogP contribution in [0.25, 0.3) is 0 Å². The molecule has 5 saturated carbocycles. The number of hydrogen-bond acceptors (Lipinski definition) is 5. The van der Waals surface area contributed by atoms with Crippen molar-refractivity contribution in [3.05, 3.63) is 0 Å². The Morgan fingerprint density at radius 3 is 2.47 bits per heavy atom. The van der Waals surface area contributed by atoms with E-state index in [-0.39, 0.29) is 17.3 Å². The van der Waals surface area contributed by atoms with Gasteiger partial charge in [0.05, 0.1) is 18.8 Å². The second-order valence-corrected chi connectivity index (χ2v) is 13.9. The average Bonchev–Trinajstić information content (AvgIpc) is 3.42. The second-order valence-electron chi connectivity index (χ2n) is 13.9. The van der Waals surface area contributed by atoms with Gasteiger partial charge in [-0.3, -0.25) is 4.79 Å². The zero-order valence-electron chi connectivity index (χ0n) is 21.7. The number of carbonyl (C=O) groups excluding carboxylic acids is 1. The first-order valence-corrected chi connectivity index (χ1v) is 14.2. The molecule has 0 aromatic rings. The molecule has 5 aliphatic rings. The highest BCUT2D eigenvalue weighted by atomic mass is 16.4. The van der Waals surface area contributed by atoms with Gasteiger partial charge in [0.15, 0.2) is 0 Å². The predicted octanol–water partition coefficient (Wildman–Crippen LogP) is 3.95. The van der Waals surface area contributed by atoms with Crippen LogP contribution in [0.1, 0.15) is 91.9 Å². The molecule has 13 atom stereocenters. The van der Waals surface area contributed by atoms with Gasteiger partial charge in [0.2, 0.25) is 0 Å². The van der Waals surface area contributed by atoms with Crippen molar-refractivity contribution in [2.24, 2.45) is 58.2 Å². The fourth-order valence-corrected chi connectivity index (χ4v) is 10.1. The van der Waals surface area contributed by atoms with E-state index in [1.807, 2.05) is 0 Å². The van der Waals surface area contributed by atoms with Gasteiger partial charge in [-0.05, 0) is 98.2 Å². The van der Waals surface area contributed by atoms with E-state index in [9.17, 15) is 25.2 Å². The van der Waals surface area contributed by atoms with Gasteiger partial charge >= 0.3 is 0 Å². The summed E-state index contributed by atoms with van der Waals surface area (Å²) in [6.07, 6.45) is 7.01. The number of aliphatic hydroxyl groups is 4. The molecular weight excluding hydrogens is 428 g/mol. The fourth-order valence-electron chi connectivity index (χ4n) is 10.1. The van der Waals surface area contributed by atoms with Crippen molar-refractivity contribution in [3.8, 4) is 0 Å². The zero-order chi connectivity index (χ0) is 24.6. The highest BCUT2D eigenvalue weighted by molar-refractivity contribution is 5.79. The van der Waals surface area contributed by atoms with E-state index < -0.39 is 29.8 Å². The molecule has 34 heavy (non-hydrogen) atoms. The maximum atomic E-state index is 12.2. The third-order valence-electron chi connectivity index (χ3n) is 12.5. The molecule has 0 aliphatic heterocycles. The summed E-state index contributed by atoms with van der Waals surface area (Å²) in [5, 5.41) is 45.3. The molecule has 5 aliphatic carbocycles. The summed E-state index contributed by atoms with van der Waals surface area (Å²) in [5.41, 5.74) is -1.98. The van der Waals surface area contributed by atoms with Crippen molar-refractivity contribution in [1.82, 2.24) is 0 Å². The lowest BCUT2D eigenvalue weighted by Gasteiger charge is -2.62. The minimum atomic E-state index is -1.58. The highest BCUT2D eigenvalue weighted by Gasteiger charge is 2.67. The topological polar surface area (TPSA) is 98.0 Å². The summed E-state index contributed by atoms with van der Waals surface area (Å²) >= 11 is 0. The Kier molecular flexibility index (Phi) is 6.32. The average molecular weight is 477 g/mol. The molecule has 0 aromatic heterocycles. The first kappa shape index (κ1) is 25.2. The molecule has 194 valence electrons. The first-order valence-electron chi connectivity index (χ1n) is 14.2. The van der Waals surface area contributed by atoms with Crippen LogP contribution in [0.3, 0.4) is 0 Å². The molecule has 5 fully saturated rings. The van der Waals surface area contributed by atoms with Gasteiger partial charge in [-0.15, -0.1) is 0 Å². The van der Waals surface area contributed by atoms with Crippen LogP contribution >= 0.6 is 0 Å². The van der Waals surface area contributed by atoms with Crippen molar-refractivity contribution >= 4 is 5.78 Å². The van der Waals surface area contributed by atoms with E-state index in [2.05, 4.69) is 27.7 Å². The minimum absolute atomic E-state index is 0.112. The lowest BCUT2D eigenvalue weighted by atomic mass is 9.43. The van der Waals surface area contributed by atoms with Crippen molar-refractivity contribution < 1.29 is 25.2 Å². The summed E-state index contributed by atoms with van der Waals surface area (Å²) in [4.78, 5) is 12.2. The van der Waals surface area contributed by atoms with Gasteiger partial charge in [0.25, 0.3) is 0 Å². The zero-order valence-corrected chi connectivity index (χ0v) is 21.7. The SMILES string of the molecule is C[C@@H]1C[C@H]1[C@H](C)C[C@@H](O)[C@@](O)(CO)[C@H]1CC[C@H]2[C@@H]3CC[C@H]4CC(=O)CC[C@]4(C)[C@H]3C[C@@H](O)[C@]12C. The third-order valence-corrected chi connectivity index (χ3v) is 12.5. The van der Waals surface area contributed by atoms with E-state index in [0.717, 1.165) is 32.1 Å². The van der Waals surface area contributed by atoms with Crippen molar-refractivity contribution in [3.63, 3.8) is 0 Å². The Morgan fingerprint density at radius 1 is 1.12 bits per heavy atom. The largest absolute Gasteiger partial charge is 0.393 e. The van der Waals surface area contributed by atoms with E-state index in [4.69, 9.17) is 0 Å². The molecule has 4 N–H and O–H groups in total. The van der Waals surface area contributed by atoms with Crippen molar-refractivity contribution in [2.45, 2.75) is 110 Å². The Bertz CT molecular complexity index is 799. The molecule has 0 amide bonds. The van der Waals surface area contributed by atoms with Crippen LogP contribution in [-0.4, -0.2) is 50.6 Å². The van der Waals surface area contributed by atoms with Crippen LogP contribution in [0.4, 0.5) is 0 Å². The van der Waals surface area contributed by atoms with Crippen molar-refractivity contribution in [1.29, 1.82) is 0 Å². The summed E-state index contributed by atoms with van der Waals surface area (Å²) in [7, 11) is 0. The first-order chi connectivity index (χ1) is 16.0. The van der Waals surface area contributed by atoms with E-state index in [1.54, 1.807) is 0 Å². The fraction of sp³-hybridized carbons (Fsp3) is 0.966. The van der Waals surface area contributed by atoms with Gasteiger partial charge < -0.3 is 20.4 Å². The normalized spacial score (nSPS) is 51.6. The summed E-state index contributed by atoms with van der Waals surface area (Å²) < 4.78 is 0. The van der Waals surface area contributed by atoms with Crippen LogP contribution in [0, 0.1) is 58.2 Å². The molecule has 0 heterocycles. The van der Waals surface area contributed by atoms with Crippen LogP contribution in [-0.2, 0) is 4.79 Å². The Hall–Kier alpha value is -0.490. The van der Waals surface area contributed by atoms with Crippen LogP contribution in [0.15, 0.2) is 0 Å². The molecule has 0 spiro atoms. The summed E-state index contributed by atoms with van der Waals surface area (Å²) in [6, 6.07) is 0. The van der Waals surface area contributed by atoms with E-state index >= 15 is 0 Å². The molecule has 0 unspecified atom stereocenters. The number of carbonyl (C=O) groups is 1. The lowest BCUT2D eigenvalue weighted by Crippen LogP contribution is -2.63. The summed E-state index contributed by atoms with van der Waals surface area (Å²) in [6.45, 7) is 8.44. The van der Waals surface area contributed by atoms with Crippen LogP contribution < -0.4 is 0 Å². The Morgan fingerprint density at radius 2 is 1.82 bits per heavy atom. The minimum Gasteiger partial charge on any atom is -0.393 e. The van der Waals surface area contributed by atoms with Crippen LogP contribution in [0.5, 0.6) is 0 Å². The van der Waals surface area contributed by atoms with Gasteiger partial charge in [-0.2, -0.15) is 0 Å². The molecular formula is C29H48O5. The number of rotatable bonds is 6. The van der Waals surface area contributed by atoms with Gasteiger partial charge in [0, 0.05) is 24.2 Å². The Labute approximate surface area is 205 Å². The third kappa shape index (κ3) is 3.58. The summed E-state index contributed by atoms with van der Waals surface area (Å²) in [5.74, 6) is 3.30. The van der Waals surface area contributed by atoms with Gasteiger partial charge in [-0.25, -0.2) is 0 Å². The molecule has 5 nitrogen and oxygen atoms in total. The van der Waals surface area contributed by atoms with Crippen molar-refractivity contribution in [2.75, 3.05) is 6.61 Å². The number of fused-ring (bicyclic) bond motifs is 5. The van der Waals surface area contributed by atoms with E-state index in [0.29, 0.717) is 67.0 Å². The maximum absolute atomic E-state index is 12.2. The maximum Gasteiger partial charge on any atom is 0.133 e. The molecule has 5 heteroatoms. The number of aliphatic hydroxyl groups excluding tert-OH is 3. The smallest absolute Gasteiger partial charge is 0.133 e. The number of Topliss-reactive ketones (excluding diaryl/α,β-unsaturated/α-hetero) is 1. The number of ketones is 1.